The van der Waals surface area contributed by atoms with Gasteiger partial charge < -0.3 is 10.2 Å². The molecule has 0 aliphatic carbocycles. The molecule has 0 radical (unpaired) electrons. The number of aliphatic carboxylic acids is 2. The van der Waals surface area contributed by atoms with Gasteiger partial charge in [-0.3, -0.25) is 14.4 Å². The molecule has 0 bridgehead atoms. The van der Waals surface area contributed by atoms with Crippen LogP contribution in [0.25, 0.3) is 0 Å². The Labute approximate surface area is 123 Å². The van der Waals surface area contributed by atoms with Crippen molar-refractivity contribution in [3.8, 4) is 0 Å². The van der Waals surface area contributed by atoms with Gasteiger partial charge in [0.2, 0.25) is 0 Å². The number of alkyl halides is 3. The smallest absolute Gasteiger partial charge is 0.326 e. The van der Waals surface area contributed by atoms with Gasteiger partial charge in [-0.1, -0.05) is 30.3 Å². The maximum Gasteiger partial charge on any atom is 0.326 e. The van der Waals surface area contributed by atoms with E-state index in [0.29, 0.717) is 0 Å². The van der Waals surface area contributed by atoms with Crippen molar-refractivity contribution in [3.05, 3.63) is 35.9 Å². The summed E-state index contributed by atoms with van der Waals surface area (Å²) in [7, 11) is 0. The lowest BCUT2D eigenvalue weighted by Crippen LogP contribution is -2.40. The van der Waals surface area contributed by atoms with E-state index in [4.69, 9.17) is 21.8 Å². The Balaban J connectivity index is 3.08. The minimum Gasteiger partial charge on any atom is -0.481 e. The average molecular weight is 321 g/mol. The fourth-order valence-corrected chi connectivity index (χ4v) is 2.02. The molecule has 5 nitrogen and oxygen atoms in total. The zero-order valence-electron chi connectivity index (χ0n) is 10.5. The van der Waals surface area contributed by atoms with Crippen LogP contribution < -0.4 is 0 Å². The van der Waals surface area contributed by atoms with E-state index in [-0.39, 0.29) is 5.56 Å². The van der Waals surface area contributed by atoms with E-state index in [1.807, 2.05) is 0 Å². The van der Waals surface area contributed by atoms with Crippen LogP contribution in [0.15, 0.2) is 30.3 Å². The third-order valence-corrected chi connectivity index (χ3v) is 3.14. The summed E-state index contributed by atoms with van der Waals surface area (Å²) < 4.78 is 26.6. The van der Waals surface area contributed by atoms with Crippen LogP contribution in [0.4, 0.5) is 8.78 Å². The van der Waals surface area contributed by atoms with E-state index in [0.717, 1.165) is 0 Å². The number of carboxylic acids is 2. The lowest BCUT2D eigenvalue weighted by Gasteiger charge is -2.24. The fraction of sp³-hybridized carbons (Fsp3) is 0.308. The minimum atomic E-state index is -4.15. The maximum absolute atomic E-state index is 13.3. The highest BCUT2D eigenvalue weighted by Gasteiger charge is 2.50. The van der Waals surface area contributed by atoms with Crippen molar-refractivity contribution in [2.75, 3.05) is 0 Å². The standard InChI is InChI=1S/C13H11ClF2O5/c14-13(15,16)8(10(11(18)19)12(20)21)6-9(17)7-4-2-1-3-5-7/h1-5,8,10H,6H2,(H,18,19)(H,20,21). The first kappa shape index (κ1) is 17.0. The van der Waals surface area contributed by atoms with Crippen LogP contribution in [-0.2, 0) is 9.59 Å². The SMILES string of the molecule is O=C(CC(C(C(=O)O)C(=O)O)C(F)(F)Cl)c1ccccc1. The molecule has 114 valence electrons. The molecule has 1 unspecified atom stereocenters. The van der Waals surface area contributed by atoms with E-state index in [1.54, 1.807) is 6.07 Å². The summed E-state index contributed by atoms with van der Waals surface area (Å²) in [5.74, 6) is -9.61. The summed E-state index contributed by atoms with van der Waals surface area (Å²) in [5.41, 5.74) is 0.0675. The molecule has 2 N–H and O–H groups in total. The predicted molar refractivity (Wildman–Crippen MR) is 68.4 cm³/mol. The topological polar surface area (TPSA) is 91.7 Å². The third-order valence-electron chi connectivity index (χ3n) is 2.86. The second-order valence-electron chi connectivity index (χ2n) is 4.30. The minimum absolute atomic E-state index is 0.0675. The van der Waals surface area contributed by atoms with E-state index in [9.17, 15) is 23.2 Å². The van der Waals surface area contributed by atoms with Crippen LogP contribution in [0.3, 0.4) is 0 Å². The molecule has 1 aromatic rings. The van der Waals surface area contributed by atoms with Gasteiger partial charge in [0.25, 0.3) is 0 Å². The van der Waals surface area contributed by atoms with Gasteiger partial charge in [0.15, 0.2) is 11.7 Å². The molecular weight excluding hydrogens is 310 g/mol. The van der Waals surface area contributed by atoms with Crippen molar-refractivity contribution in [2.45, 2.75) is 11.8 Å². The number of carbonyl (C=O) groups is 3. The zero-order valence-corrected chi connectivity index (χ0v) is 11.3. The van der Waals surface area contributed by atoms with Gasteiger partial charge in [0, 0.05) is 12.0 Å². The van der Waals surface area contributed by atoms with Crippen LogP contribution in [-0.4, -0.2) is 33.3 Å². The Morgan fingerprint density at radius 3 is 1.95 bits per heavy atom. The van der Waals surface area contributed by atoms with E-state index >= 15 is 0 Å². The van der Waals surface area contributed by atoms with Gasteiger partial charge in [0.05, 0.1) is 5.92 Å². The molecule has 1 aromatic carbocycles. The Morgan fingerprint density at radius 2 is 1.57 bits per heavy atom. The molecule has 21 heavy (non-hydrogen) atoms. The molecule has 1 atom stereocenters. The average Bonchev–Trinajstić information content (AvgIpc) is 2.36. The molecule has 0 aliphatic rings. The molecule has 0 aromatic heterocycles. The van der Waals surface area contributed by atoms with Gasteiger partial charge >= 0.3 is 17.3 Å². The van der Waals surface area contributed by atoms with Crippen molar-refractivity contribution in [1.82, 2.24) is 0 Å². The first-order valence-electron chi connectivity index (χ1n) is 5.75. The van der Waals surface area contributed by atoms with Crippen molar-refractivity contribution < 1.29 is 33.4 Å². The highest BCUT2D eigenvalue weighted by Crippen LogP contribution is 2.38. The van der Waals surface area contributed by atoms with Crippen LogP contribution >= 0.6 is 11.6 Å². The third kappa shape index (κ3) is 4.49. The van der Waals surface area contributed by atoms with Crippen LogP contribution in [0, 0.1) is 11.8 Å². The first-order valence-corrected chi connectivity index (χ1v) is 6.13. The number of carboxylic acid groups (broad SMARTS) is 2. The van der Waals surface area contributed by atoms with Gasteiger partial charge in [0.1, 0.15) is 0 Å². The number of benzene rings is 1. The lowest BCUT2D eigenvalue weighted by atomic mass is 9.86. The highest BCUT2D eigenvalue weighted by molar-refractivity contribution is 6.22. The van der Waals surface area contributed by atoms with E-state index < -0.39 is 41.4 Å². The number of rotatable bonds is 7. The zero-order chi connectivity index (χ0) is 16.2. The Kier molecular flexibility index (Phi) is 5.37. The molecule has 0 fully saturated rings. The van der Waals surface area contributed by atoms with Crippen LogP contribution in [0.5, 0.6) is 0 Å². The fourth-order valence-electron chi connectivity index (χ4n) is 1.81. The Hall–Kier alpha value is -2.02. The van der Waals surface area contributed by atoms with Gasteiger partial charge in [-0.05, 0) is 11.6 Å². The summed E-state index contributed by atoms with van der Waals surface area (Å²) in [6, 6.07) is 7.28. The van der Waals surface area contributed by atoms with Crippen LogP contribution in [0.1, 0.15) is 16.8 Å². The second kappa shape index (κ2) is 6.62. The molecule has 1 rings (SSSR count). The van der Waals surface area contributed by atoms with Crippen molar-refractivity contribution in [3.63, 3.8) is 0 Å². The molecule has 0 heterocycles. The summed E-state index contributed by atoms with van der Waals surface area (Å²) in [4.78, 5) is 33.6. The lowest BCUT2D eigenvalue weighted by molar-refractivity contribution is -0.162. The largest absolute Gasteiger partial charge is 0.481 e. The van der Waals surface area contributed by atoms with E-state index in [1.165, 1.54) is 24.3 Å². The number of hydrogen-bond acceptors (Lipinski definition) is 3. The number of Topliss-reactive ketones (excluding diaryl/α,β-unsaturated/α-hetero) is 1. The predicted octanol–water partition coefficient (Wildman–Crippen LogP) is 2.49. The molecule has 0 amide bonds. The molecular formula is C13H11ClF2O5. The number of ketones is 1. The highest BCUT2D eigenvalue weighted by atomic mass is 35.5. The van der Waals surface area contributed by atoms with Gasteiger partial charge in [-0.2, -0.15) is 8.78 Å². The second-order valence-corrected chi connectivity index (χ2v) is 4.80. The summed E-state index contributed by atoms with van der Waals surface area (Å²) >= 11 is 4.80. The number of halogens is 3. The summed E-state index contributed by atoms with van der Waals surface area (Å²) in [6.07, 6.45) is -0.996. The van der Waals surface area contributed by atoms with Crippen LogP contribution in [0.2, 0.25) is 0 Å². The number of hydrogen-bond donors (Lipinski definition) is 2. The van der Waals surface area contributed by atoms with Crippen molar-refractivity contribution in [1.29, 1.82) is 0 Å². The van der Waals surface area contributed by atoms with E-state index in [2.05, 4.69) is 0 Å². The summed E-state index contributed by atoms with van der Waals surface area (Å²) in [5, 5.41) is 13.4. The Morgan fingerprint density at radius 1 is 1.10 bits per heavy atom. The summed E-state index contributed by atoms with van der Waals surface area (Å²) in [6.45, 7) is 0. The maximum atomic E-state index is 13.3. The normalized spacial score (nSPS) is 13.0. The molecule has 0 saturated carbocycles. The first-order chi connectivity index (χ1) is 9.64. The molecule has 0 aliphatic heterocycles. The molecule has 8 heteroatoms. The molecule has 0 saturated heterocycles. The van der Waals surface area contributed by atoms with Gasteiger partial charge in [-0.25, -0.2) is 0 Å². The monoisotopic (exact) mass is 320 g/mol. The quantitative estimate of drug-likeness (QED) is 0.457. The Bertz CT molecular complexity index is 527. The van der Waals surface area contributed by atoms with Crippen molar-refractivity contribution >= 4 is 29.3 Å². The molecule has 0 spiro atoms. The van der Waals surface area contributed by atoms with Crippen molar-refractivity contribution in [2.24, 2.45) is 11.8 Å². The van der Waals surface area contributed by atoms with Gasteiger partial charge in [-0.15, -0.1) is 0 Å². The number of carbonyl (C=O) groups excluding carboxylic acids is 1.